The van der Waals surface area contributed by atoms with Crippen LogP contribution in [0.5, 0.6) is 0 Å². The summed E-state index contributed by atoms with van der Waals surface area (Å²) in [5, 5.41) is 2.79. The number of rotatable bonds is 7. The number of hydrogen-bond acceptors (Lipinski definition) is 4. The van der Waals surface area contributed by atoms with E-state index in [1.165, 1.54) is 6.07 Å². The predicted octanol–water partition coefficient (Wildman–Crippen LogP) is 7.19. The lowest BCUT2D eigenvalue weighted by atomic mass is 9.86. The molecule has 4 aromatic carbocycles. The minimum Gasteiger partial charge on any atom is -0.322 e. The van der Waals surface area contributed by atoms with Crippen LogP contribution in [0.25, 0.3) is 0 Å². The summed E-state index contributed by atoms with van der Waals surface area (Å²) in [4.78, 5) is 26.3. The first-order valence-electron chi connectivity index (χ1n) is 13.0. The Hall–Kier alpha value is -4.23. The molecule has 0 aliphatic carbocycles. The summed E-state index contributed by atoms with van der Waals surface area (Å²) in [5.41, 5.74) is 5.56. The highest BCUT2D eigenvalue weighted by molar-refractivity contribution is 7.92. The van der Waals surface area contributed by atoms with E-state index in [0.29, 0.717) is 28.1 Å². The van der Waals surface area contributed by atoms with Gasteiger partial charge >= 0.3 is 0 Å². The van der Waals surface area contributed by atoms with Crippen molar-refractivity contribution < 1.29 is 18.0 Å². The zero-order valence-corrected chi connectivity index (χ0v) is 24.4. The largest absolute Gasteiger partial charge is 0.322 e. The van der Waals surface area contributed by atoms with E-state index in [1.54, 1.807) is 55.5 Å². The summed E-state index contributed by atoms with van der Waals surface area (Å²) in [6.45, 7) is 11.8. The normalized spacial score (nSPS) is 11.7. The zero-order valence-electron chi connectivity index (χ0n) is 23.6. The number of hydrogen-bond donors (Lipinski definition) is 2. The molecule has 0 spiro atoms. The van der Waals surface area contributed by atoms with E-state index >= 15 is 0 Å². The van der Waals surface area contributed by atoms with Crippen LogP contribution >= 0.6 is 0 Å². The molecule has 0 fully saturated rings. The number of nitrogens with one attached hydrogen (secondary N) is 2. The first-order chi connectivity index (χ1) is 18.7. The third kappa shape index (κ3) is 6.66. The molecule has 4 rings (SSSR count). The monoisotopic (exact) mass is 554 g/mol. The molecule has 0 aromatic heterocycles. The van der Waals surface area contributed by atoms with Gasteiger partial charge in [0.05, 0.1) is 4.90 Å². The Morgan fingerprint density at radius 3 is 1.93 bits per heavy atom. The van der Waals surface area contributed by atoms with Crippen LogP contribution in [0.15, 0.2) is 89.8 Å². The maximum atomic E-state index is 13.2. The van der Waals surface area contributed by atoms with Crippen LogP contribution in [0.4, 0.5) is 11.4 Å². The highest BCUT2D eigenvalue weighted by Gasteiger charge is 2.20. The van der Waals surface area contributed by atoms with Crippen LogP contribution in [0, 0.1) is 20.8 Å². The van der Waals surface area contributed by atoms with Gasteiger partial charge in [-0.25, -0.2) is 8.42 Å². The van der Waals surface area contributed by atoms with Gasteiger partial charge in [-0.15, -0.1) is 0 Å². The maximum Gasteiger partial charge on any atom is 0.262 e. The lowest BCUT2D eigenvalue weighted by Crippen LogP contribution is -2.17. The molecule has 0 heterocycles. The number of ketones is 1. The first-order valence-corrected chi connectivity index (χ1v) is 14.5. The number of carbonyl (C=O) groups is 2. The molecular weight excluding hydrogens is 520 g/mol. The fourth-order valence-corrected chi connectivity index (χ4v) is 5.82. The first kappa shape index (κ1) is 28.8. The van der Waals surface area contributed by atoms with Crippen LogP contribution in [-0.2, 0) is 15.4 Å². The van der Waals surface area contributed by atoms with Crippen molar-refractivity contribution in [3.63, 3.8) is 0 Å². The topological polar surface area (TPSA) is 92.3 Å². The van der Waals surface area contributed by atoms with Gasteiger partial charge < -0.3 is 5.32 Å². The smallest absolute Gasteiger partial charge is 0.262 e. The predicted molar refractivity (Wildman–Crippen MR) is 161 cm³/mol. The van der Waals surface area contributed by atoms with E-state index in [-0.39, 0.29) is 21.7 Å². The van der Waals surface area contributed by atoms with Gasteiger partial charge in [0.2, 0.25) is 0 Å². The number of sulfonamides is 1. The molecule has 4 aromatic rings. The third-order valence-corrected chi connectivity index (χ3v) is 8.13. The molecular formula is C33H34N2O4S. The van der Waals surface area contributed by atoms with Crippen LogP contribution in [0.1, 0.15) is 69.3 Å². The van der Waals surface area contributed by atoms with Crippen molar-refractivity contribution in [1.29, 1.82) is 0 Å². The van der Waals surface area contributed by atoms with Gasteiger partial charge in [0.1, 0.15) is 0 Å². The summed E-state index contributed by atoms with van der Waals surface area (Å²) >= 11 is 0. The molecule has 0 saturated carbocycles. The van der Waals surface area contributed by atoms with E-state index in [4.69, 9.17) is 0 Å². The Kier molecular flexibility index (Phi) is 7.98. The van der Waals surface area contributed by atoms with Gasteiger partial charge in [0.25, 0.3) is 15.9 Å². The van der Waals surface area contributed by atoms with Gasteiger partial charge in [-0.05, 0) is 84.8 Å². The Balaban J connectivity index is 1.54. The average molecular weight is 555 g/mol. The van der Waals surface area contributed by atoms with Crippen LogP contribution < -0.4 is 10.0 Å². The van der Waals surface area contributed by atoms with Gasteiger partial charge in [-0.1, -0.05) is 69.3 Å². The fourth-order valence-electron chi connectivity index (χ4n) is 4.50. The van der Waals surface area contributed by atoms with Gasteiger partial charge in [-0.2, -0.15) is 0 Å². The van der Waals surface area contributed by atoms with Gasteiger partial charge in [0, 0.05) is 28.1 Å². The third-order valence-electron chi connectivity index (χ3n) is 6.61. The van der Waals surface area contributed by atoms with Crippen molar-refractivity contribution >= 4 is 33.1 Å². The molecule has 0 aliphatic heterocycles. The van der Waals surface area contributed by atoms with Crippen molar-refractivity contribution in [1.82, 2.24) is 0 Å². The number of carbonyl (C=O) groups excluding carboxylic acids is 2. The molecule has 206 valence electrons. The Labute approximate surface area is 236 Å². The lowest BCUT2D eigenvalue weighted by Gasteiger charge is -2.19. The summed E-state index contributed by atoms with van der Waals surface area (Å²) in [5.74, 6) is -0.639. The molecule has 0 radical (unpaired) electrons. The van der Waals surface area contributed by atoms with E-state index < -0.39 is 15.9 Å². The van der Waals surface area contributed by atoms with E-state index in [0.717, 1.165) is 16.7 Å². The summed E-state index contributed by atoms with van der Waals surface area (Å²) in [7, 11) is -3.94. The second-order valence-electron chi connectivity index (χ2n) is 11.2. The van der Waals surface area contributed by atoms with Crippen LogP contribution in [0.3, 0.4) is 0 Å². The van der Waals surface area contributed by atoms with Crippen molar-refractivity contribution in [3.8, 4) is 0 Å². The minimum absolute atomic E-state index is 0.0157. The fraction of sp³-hybridized carbons (Fsp3) is 0.212. The minimum atomic E-state index is -3.94. The maximum absolute atomic E-state index is 13.2. The number of anilines is 2. The van der Waals surface area contributed by atoms with Crippen molar-refractivity contribution in [2.24, 2.45) is 0 Å². The van der Waals surface area contributed by atoms with Crippen molar-refractivity contribution in [2.45, 2.75) is 51.9 Å². The molecule has 2 N–H and O–H groups in total. The molecule has 0 unspecified atom stereocenters. The summed E-state index contributed by atoms with van der Waals surface area (Å²) in [6, 6.07) is 24.2. The molecule has 7 heteroatoms. The summed E-state index contributed by atoms with van der Waals surface area (Å²) < 4.78 is 29.1. The molecule has 0 saturated heterocycles. The van der Waals surface area contributed by atoms with Crippen molar-refractivity contribution in [3.05, 3.63) is 124 Å². The van der Waals surface area contributed by atoms with Crippen LogP contribution in [-0.4, -0.2) is 20.1 Å². The zero-order chi connectivity index (χ0) is 29.2. The lowest BCUT2D eigenvalue weighted by molar-refractivity contribution is 0.102. The Morgan fingerprint density at radius 1 is 0.675 bits per heavy atom. The quantitative estimate of drug-likeness (QED) is 0.236. The second kappa shape index (κ2) is 11.1. The number of benzene rings is 4. The average Bonchev–Trinajstić information content (AvgIpc) is 2.87. The van der Waals surface area contributed by atoms with E-state index in [1.807, 2.05) is 44.2 Å². The van der Waals surface area contributed by atoms with Crippen molar-refractivity contribution in [2.75, 3.05) is 10.0 Å². The molecule has 1 amide bonds. The molecule has 0 aliphatic rings. The Morgan fingerprint density at radius 2 is 1.30 bits per heavy atom. The SMILES string of the molecule is Cc1cc(C)cc(NS(=O)(=O)c2cc(C(=O)Nc3cccc(C(=O)c4ccc(C(C)(C)C)cc4)c3)ccc2C)c1. The van der Waals surface area contributed by atoms with Gasteiger partial charge in [0.15, 0.2) is 5.78 Å². The highest BCUT2D eigenvalue weighted by Crippen LogP contribution is 2.25. The molecule has 40 heavy (non-hydrogen) atoms. The summed E-state index contributed by atoms with van der Waals surface area (Å²) in [6.07, 6.45) is 0. The second-order valence-corrected chi connectivity index (χ2v) is 12.8. The van der Waals surface area contributed by atoms with Gasteiger partial charge in [-0.3, -0.25) is 14.3 Å². The van der Waals surface area contributed by atoms with E-state index in [9.17, 15) is 18.0 Å². The molecule has 0 bridgehead atoms. The number of aryl methyl sites for hydroxylation is 3. The Bertz CT molecular complexity index is 1680. The molecule has 0 atom stereocenters. The number of amides is 1. The standard InChI is InChI=1S/C33H34N2O4S/c1-21-16-22(2)18-29(17-21)35-40(38,39)30-20-26(11-10-23(30)3)32(37)34-28-9-7-8-25(19-28)31(36)24-12-14-27(15-13-24)33(4,5)6/h7-20,35H,1-6H3,(H,34,37). The molecule has 6 nitrogen and oxygen atoms in total. The van der Waals surface area contributed by atoms with E-state index in [2.05, 4.69) is 30.8 Å². The highest BCUT2D eigenvalue weighted by atomic mass is 32.2. The van der Waals surface area contributed by atoms with Crippen LogP contribution in [0.2, 0.25) is 0 Å².